The molecule has 1 aliphatic rings. The maximum atomic E-state index is 8.73. The molecular formula is C16H12O2. The normalized spacial score (nSPS) is 19.4. The molecule has 2 atom stereocenters. The average molecular weight is 236 g/mol. The smallest absolute Gasteiger partial charge is 0.112 e. The highest BCUT2D eigenvalue weighted by Gasteiger charge is 2.35. The van der Waals surface area contributed by atoms with E-state index in [1.54, 1.807) is 12.2 Å². The Labute approximate surface area is 107 Å². The number of benzene rings is 1. The highest BCUT2D eigenvalue weighted by atomic mass is 16.6. The summed E-state index contributed by atoms with van der Waals surface area (Å²) >= 11 is 0. The van der Waals surface area contributed by atoms with Gasteiger partial charge in [0.1, 0.15) is 12.2 Å². The lowest BCUT2D eigenvalue weighted by Gasteiger charge is -1.83. The molecule has 1 heterocycles. The van der Waals surface area contributed by atoms with E-state index < -0.39 is 0 Å². The second kappa shape index (κ2) is 6.50. The van der Waals surface area contributed by atoms with Gasteiger partial charge in [-0.15, -0.1) is 5.73 Å². The second-order valence-corrected chi connectivity index (χ2v) is 3.68. The fourth-order valence-electron chi connectivity index (χ4n) is 1.33. The Hall–Kier alpha value is -2.22. The molecule has 18 heavy (non-hydrogen) atoms. The summed E-state index contributed by atoms with van der Waals surface area (Å²) in [4.78, 5) is 0. The summed E-state index contributed by atoms with van der Waals surface area (Å²) in [5, 5.41) is 8.73. The van der Waals surface area contributed by atoms with Crippen LogP contribution in [0.2, 0.25) is 0 Å². The molecule has 88 valence electrons. The van der Waals surface area contributed by atoms with Gasteiger partial charge in [-0.3, -0.25) is 0 Å². The Kier molecular flexibility index (Phi) is 4.42. The number of hydrogen-bond donors (Lipinski definition) is 1. The van der Waals surface area contributed by atoms with Crippen molar-refractivity contribution in [2.45, 2.75) is 12.2 Å². The van der Waals surface area contributed by atoms with Gasteiger partial charge >= 0.3 is 0 Å². The summed E-state index contributed by atoms with van der Waals surface area (Å²) in [7, 11) is 0. The Morgan fingerprint density at radius 1 is 1.22 bits per heavy atom. The first-order valence-corrected chi connectivity index (χ1v) is 5.64. The minimum Gasteiger partial charge on any atom is -0.394 e. The van der Waals surface area contributed by atoms with Crippen molar-refractivity contribution in [3.05, 3.63) is 53.8 Å². The van der Waals surface area contributed by atoms with Gasteiger partial charge in [-0.1, -0.05) is 30.0 Å². The van der Waals surface area contributed by atoms with E-state index in [0.29, 0.717) is 0 Å². The number of aliphatic hydroxyl groups excluding tert-OH is 1. The first-order chi connectivity index (χ1) is 8.90. The van der Waals surface area contributed by atoms with E-state index in [9.17, 15) is 0 Å². The highest BCUT2D eigenvalue weighted by Crippen LogP contribution is 2.21. The van der Waals surface area contributed by atoms with Crippen LogP contribution >= 0.6 is 0 Å². The SMILES string of the molecule is OC[C@@H]1O[C@H]1C=C=CC#CC#Cc1ccccc1. The molecule has 1 aromatic carbocycles. The molecule has 0 spiro atoms. The fourth-order valence-corrected chi connectivity index (χ4v) is 1.33. The van der Waals surface area contributed by atoms with Crippen molar-refractivity contribution in [1.29, 1.82) is 0 Å². The molecule has 0 unspecified atom stereocenters. The van der Waals surface area contributed by atoms with Gasteiger partial charge in [-0.05, 0) is 30.0 Å². The van der Waals surface area contributed by atoms with Crippen molar-refractivity contribution in [1.82, 2.24) is 0 Å². The number of hydrogen-bond acceptors (Lipinski definition) is 2. The van der Waals surface area contributed by atoms with Gasteiger partial charge < -0.3 is 9.84 Å². The number of aliphatic hydroxyl groups is 1. The van der Waals surface area contributed by atoms with E-state index in [0.717, 1.165) is 5.56 Å². The third kappa shape index (κ3) is 3.98. The zero-order valence-corrected chi connectivity index (χ0v) is 9.76. The Bertz CT molecular complexity index is 572. The second-order valence-electron chi connectivity index (χ2n) is 3.68. The summed E-state index contributed by atoms with van der Waals surface area (Å²) in [5.41, 5.74) is 3.83. The molecule has 0 amide bonds. The fraction of sp³-hybridized carbons (Fsp3) is 0.188. The minimum absolute atomic E-state index is 0.0107. The van der Waals surface area contributed by atoms with Crippen LogP contribution in [0.25, 0.3) is 0 Å². The van der Waals surface area contributed by atoms with Gasteiger partial charge in [0.05, 0.1) is 6.61 Å². The summed E-state index contributed by atoms with van der Waals surface area (Å²) in [6, 6.07) is 9.69. The van der Waals surface area contributed by atoms with Gasteiger partial charge in [0, 0.05) is 11.6 Å². The molecule has 1 fully saturated rings. The third-order valence-electron chi connectivity index (χ3n) is 2.33. The summed E-state index contributed by atoms with van der Waals surface area (Å²) in [6.07, 6.45) is 3.27. The van der Waals surface area contributed by atoms with Crippen molar-refractivity contribution >= 4 is 0 Å². The van der Waals surface area contributed by atoms with E-state index >= 15 is 0 Å². The van der Waals surface area contributed by atoms with Crippen LogP contribution in [0.3, 0.4) is 0 Å². The maximum absolute atomic E-state index is 8.73. The van der Waals surface area contributed by atoms with E-state index in [-0.39, 0.29) is 18.8 Å². The number of epoxide rings is 1. The van der Waals surface area contributed by atoms with Crippen molar-refractivity contribution in [2.75, 3.05) is 6.61 Å². The maximum Gasteiger partial charge on any atom is 0.112 e. The van der Waals surface area contributed by atoms with E-state index in [4.69, 9.17) is 9.84 Å². The van der Waals surface area contributed by atoms with Crippen LogP contribution in [0.5, 0.6) is 0 Å². The van der Waals surface area contributed by atoms with Crippen LogP contribution in [-0.2, 0) is 4.74 Å². The zero-order valence-electron chi connectivity index (χ0n) is 9.76. The van der Waals surface area contributed by atoms with Crippen LogP contribution in [0, 0.1) is 23.7 Å². The molecular weight excluding hydrogens is 224 g/mol. The predicted molar refractivity (Wildman–Crippen MR) is 69.5 cm³/mol. The molecule has 1 N–H and O–H groups in total. The van der Waals surface area contributed by atoms with Gasteiger partial charge in [0.2, 0.25) is 0 Å². The van der Waals surface area contributed by atoms with E-state index in [1.165, 1.54) is 0 Å². The first kappa shape index (κ1) is 12.2. The molecule has 2 rings (SSSR count). The minimum atomic E-state index is -0.0586. The van der Waals surface area contributed by atoms with Crippen LogP contribution in [-0.4, -0.2) is 23.9 Å². The molecule has 0 radical (unpaired) electrons. The van der Waals surface area contributed by atoms with Crippen molar-refractivity contribution < 1.29 is 9.84 Å². The van der Waals surface area contributed by atoms with E-state index in [1.807, 2.05) is 30.3 Å². The van der Waals surface area contributed by atoms with Crippen molar-refractivity contribution in [3.63, 3.8) is 0 Å². The largest absolute Gasteiger partial charge is 0.394 e. The Morgan fingerprint density at radius 2 is 2.06 bits per heavy atom. The first-order valence-electron chi connectivity index (χ1n) is 5.64. The predicted octanol–water partition coefficient (Wildman–Crippen LogP) is 1.51. The molecule has 0 aliphatic carbocycles. The number of ether oxygens (including phenoxy) is 1. The van der Waals surface area contributed by atoms with Crippen molar-refractivity contribution in [2.24, 2.45) is 0 Å². The quantitative estimate of drug-likeness (QED) is 0.479. The summed E-state index contributed by atoms with van der Waals surface area (Å²) in [6.45, 7) is 0.0527. The van der Waals surface area contributed by atoms with Crippen LogP contribution in [0.1, 0.15) is 5.56 Å². The summed E-state index contributed by atoms with van der Waals surface area (Å²) in [5.74, 6) is 11.2. The monoisotopic (exact) mass is 236 g/mol. The zero-order chi connectivity index (χ0) is 12.6. The van der Waals surface area contributed by atoms with Crippen LogP contribution in [0.15, 0.2) is 48.2 Å². The van der Waals surface area contributed by atoms with Gasteiger partial charge in [-0.2, -0.15) is 0 Å². The number of rotatable bonds is 2. The van der Waals surface area contributed by atoms with Gasteiger partial charge in [0.15, 0.2) is 0 Å². The Balaban J connectivity index is 1.83. The van der Waals surface area contributed by atoms with Gasteiger partial charge in [0.25, 0.3) is 0 Å². The van der Waals surface area contributed by atoms with Crippen LogP contribution < -0.4 is 0 Å². The highest BCUT2D eigenvalue weighted by molar-refractivity contribution is 5.40. The molecule has 2 nitrogen and oxygen atoms in total. The topological polar surface area (TPSA) is 32.8 Å². The van der Waals surface area contributed by atoms with Crippen molar-refractivity contribution in [3.8, 4) is 23.7 Å². The lowest BCUT2D eigenvalue weighted by Crippen LogP contribution is -1.95. The van der Waals surface area contributed by atoms with Crippen LogP contribution in [0.4, 0.5) is 0 Å². The lowest BCUT2D eigenvalue weighted by molar-refractivity contribution is 0.243. The molecule has 0 saturated carbocycles. The Morgan fingerprint density at radius 3 is 2.78 bits per heavy atom. The van der Waals surface area contributed by atoms with E-state index in [2.05, 4.69) is 29.4 Å². The average Bonchev–Trinajstić information content (AvgIpc) is 3.17. The standard InChI is InChI=1S/C16H12O2/c17-13-16-15(18-16)12-8-3-1-2-5-9-14-10-6-4-7-11-14/h3-4,6-7,10-12,15-17H,13H2/t8?,15-,16-/m0/s1. The molecule has 1 saturated heterocycles. The third-order valence-corrected chi connectivity index (χ3v) is 2.33. The molecule has 1 aliphatic heterocycles. The lowest BCUT2D eigenvalue weighted by atomic mass is 10.2. The summed E-state index contributed by atoms with van der Waals surface area (Å²) < 4.78 is 5.09. The molecule has 0 bridgehead atoms. The molecule has 1 aromatic rings. The molecule has 0 aromatic heterocycles. The molecule has 2 heteroatoms. The van der Waals surface area contributed by atoms with Gasteiger partial charge in [-0.25, -0.2) is 0 Å².